The highest BCUT2D eigenvalue weighted by Gasteiger charge is 2.81. The van der Waals surface area contributed by atoms with Gasteiger partial charge in [-0.1, -0.05) is 38.5 Å². The number of methoxy groups -OCH3 is 1. The number of hydrogen-bond acceptors (Lipinski definition) is 3. The fraction of sp³-hybridized carbons (Fsp3) is 0.833. The van der Waals surface area contributed by atoms with Gasteiger partial charge in [0, 0.05) is 12.3 Å². The van der Waals surface area contributed by atoms with Gasteiger partial charge < -0.3 is 9.84 Å². The lowest BCUT2D eigenvalue weighted by Crippen LogP contribution is -2.56. The average Bonchev–Trinajstić information content (AvgIpc) is 3.34. The molecule has 3 heteroatoms. The van der Waals surface area contributed by atoms with Gasteiger partial charge in [-0.05, 0) is 111 Å². The summed E-state index contributed by atoms with van der Waals surface area (Å²) in [5.74, 6) is 2.03. The van der Waals surface area contributed by atoms with Crippen molar-refractivity contribution in [2.24, 2.45) is 45.3 Å². The van der Waals surface area contributed by atoms with Crippen molar-refractivity contribution in [2.45, 2.75) is 105 Å². The summed E-state index contributed by atoms with van der Waals surface area (Å²) in [7, 11) is 1.48. The quantitative estimate of drug-likeness (QED) is 0.313. The second kappa shape index (κ2) is 8.54. The molecule has 4 rings (SSSR count). The molecule has 0 aromatic heterocycles. The van der Waals surface area contributed by atoms with Gasteiger partial charge in [-0.15, -0.1) is 6.58 Å². The van der Waals surface area contributed by atoms with E-state index in [1.165, 1.54) is 51.2 Å². The van der Waals surface area contributed by atoms with Gasteiger partial charge in [0.25, 0.3) is 0 Å². The van der Waals surface area contributed by atoms with E-state index in [1.54, 1.807) is 0 Å². The summed E-state index contributed by atoms with van der Waals surface area (Å²) >= 11 is 0. The molecular weight excluding hydrogens is 408 g/mol. The highest BCUT2D eigenvalue weighted by atomic mass is 16.5. The summed E-state index contributed by atoms with van der Waals surface area (Å²) in [4.78, 5) is 12.1. The van der Waals surface area contributed by atoms with Crippen molar-refractivity contribution in [2.75, 3.05) is 7.11 Å². The minimum absolute atomic E-state index is 0.0305. The van der Waals surface area contributed by atoms with Gasteiger partial charge >= 0.3 is 5.97 Å². The SMILES string of the molecule is C=CC1C(O)CC2C3(C)CCC(C(C)CCC=C(C)C)C3(C)CCC23CC13CCC(=O)OC. The van der Waals surface area contributed by atoms with E-state index in [4.69, 9.17) is 4.74 Å². The van der Waals surface area contributed by atoms with E-state index in [2.05, 4.69) is 47.3 Å². The lowest BCUT2D eigenvalue weighted by atomic mass is 9.43. The maximum absolute atomic E-state index is 12.1. The minimum atomic E-state index is -0.339. The number of allylic oxidation sites excluding steroid dienone is 2. The average molecular weight is 457 g/mol. The molecular formula is C30H48O3. The predicted octanol–water partition coefficient (Wildman–Crippen LogP) is 7.10. The summed E-state index contributed by atoms with van der Waals surface area (Å²) in [6.45, 7) is 16.2. The van der Waals surface area contributed by atoms with E-state index in [9.17, 15) is 9.90 Å². The van der Waals surface area contributed by atoms with Crippen LogP contribution in [0, 0.1) is 45.3 Å². The van der Waals surface area contributed by atoms with Crippen LogP contribution in [0.4, 0.5) is 0 Å². The molecule has 0 heterocycles. The Morgan fingerprint density at radius 3 is 2.58 bits per heavy atom. The first-order chi connectivity index (χ1) is 15.5. The number of rotatable bonds is 8. The fourth-order valence-corrected chi connectivity index (χ4v) is 9.87. The molecule has 1 spiro atoms. The molecule has 0 bridgehead atoms. The number of esters is 1. The Morgan fingerprint density at radius 1 is 1.21 bits per heavy atom. The molecule has 0 aliphatic heterocycles. The summed E-state index contributed by atoms with van der Waals surface area (Å²) in [5, 5.41) is 11.4. The third-order valence-corrected chi connectivity index (χ3v) is 11.8. The molecule has 0 aromatic carbocycles. The van der Waals surface area contributed by atoms with Crippen LogP contribution in [0.25, 0.3) is 0 Å². The topological polar surface area (TPSA) is 46.5 Å². The fourth-order valence-electron chi connectivity index (χ4n) is 9.87. The van der Waals surface area contributed by atoms with Gasteiger partial charge in [-0.3, -0.25) is 4.79 Å². The largest absolute Gasteiger partial charge is 0.469 e. The van der Waals surface area contributed by atoms with Crippen molar-refractivity contribution in [1.82, 2.24) is 0 Å². The molecule has 33 heavy (non-hydrogen) atoms. The van der Waals surface area contributed by atoms with Crippen LogP contribution in [-0.4, -0.2) is 24.3 Å². The molecule has 9 unspecified atom stereocenters. The molecule has 4 fully saturated rings. The molecule has 4 aliphatic rings. The molecule has 0 radical (unpaired) electrons. The molecule has 4 saturated carbocycles. The van der Waals surface area contributed by atoms with Crippen molar-refractivity contribution in [3.05, 3.63) is 24.3 Å². The minimum Gasteiger partial charge on any atom is -0.469 e. The smallest absolute Gasteiger partial charge is 0.305 e. The third-order valence-electron chi connectivity index (χ3n) is 11.8. The Kier molecular flexibility index (Phi) is 6.47. The van der Waals surface area contributed by atoms with E-state index in [1.807, 2.05) is 6.08 Å². The van der Waals surface area contributed by atoms with Crippen LogP contribution >= 0.6 is 0 Å². The second-order valence-electron chi connectivity index (χ2n) is 13.0. The molecule has 1 N–H and O–H groups in total. The van der Waals surface area contributed by atoms with E-state index < -0.39 is 0 Å². The number of aliphatic hydroxyl groups excluding tert-OH is 1. The van der Waals surface area contributed by atoms with Crippen LogP contribution in [0.1, 0.15) is 98.8 Å². The molecule has 3 nitrogen and oxygen atoms in total. The van der Waals surface area contributed by atoms with Gasteiger partial charge in [0.05, 0.1) is 13.2 Å². The molecule has 0 saturated heterocycles. The number of carbonyl (C=O) groups excluding carboxylic acids is 1. The lowest BCUT2D eigenvalue weighted by molar-refractivity contribution is -0.150. The maximum Gasteiger partial charge on any atom is 0.305 e. The number of hydrogen-bond donors (Lipinski definition) is 1. The Balaban J connectivity index is 1.61. The van der Waals surface area contributed by atoms with Crippen molar-refractivity contribution in [1.29, 1.82) is 0 Å². The zero-order valence-corrected chi connectivity index (χ0v) is 22.1. The number of ether oxygens (including phenoxy) is 1. The number of aliphatic hydroxyl groups is 1. The van der Waals surface area contributed by atoms with Gasteiger partial charge in [-0.2, -0.15) is 0 Å². The zero-order chi connectivity index (χ0) is 24.2. The van der Waals surface area contributed by atoms with Crippen LogP contribution in [0.3, 0.4) is 0 Å². The molecule has 0 aromatic rings. The Bertz CT molecular complexity index is 811. The highest BCUT2D eigenvalue weighted by molar-refractivity contribution is 5.69. The molecule has 186 valence electrons. The van der Waals surface area contributed by atoms with Gasteiger partial charge in [0.15, 0.2) is 0 Å². The first-order valence-electron chi connectivity index (χ1n) is 13.5. The molecule has 4 aliphatic carbocycles. The molecule has 0 amide bonds. The van der Waals surface area contributed by atoms with Crippen molar-refractivity contribution >= 4 is 5.97 Å². The van der Waals surface area contributed by atoms with Crippen molar-refractivity contribution in [3.8, 4) is 0 Å². The van der Waals surface area contributed by atoms with Crippen LogP contribution in [0.15, 0.2) is 24.3 Å². The number of fused-ring (bicyclic) bond motifs is 2. The van der Waals surface area contributed by atoms with Crippen molar-refractivity contribution in [3.63, 3.8) is 0 Å². The second-order valence-corrected chi connectivity index (χ2v) is 13.0. The maximum atomic E-state index is 12.1. The summed E-state index contributed by atoms with van der Waals surface area (Å²) in [5.41, 5.74) is 2.33. The predicted molar refractivity (Wildman–Crippen MR) is 135 cm³/mol. The zero-order valence-electron chi connectivity index (χ0n) is 22.1. The van der Waals surface area contributed by atoms with Crippen LogP contribution < -0.4 is 0 Å². The first-order valence-corrected chi connectivity index (χ1v) is 13.5. The summed E-state index contributed by atoms with van der Waals surface area (Å²) in [6, 6.07) is 0. The van der Waals surface area contributed by atoms with Crippen LogP contribution in [0.2, 0.25) is 0 Å². The highest BCUT2D eigenvalue weighted by Crippen LogP contribution is 2.87. The van der Waals surface area contributed by atoms with E-state index in [0.29, 0.717) is 17.8 Å². The third kappa shape index (κ3) is 3.50. The van der Waals surface area contributed by atoms with Crippen LogP contribution in [0.5, 0.6) is 0 Å². The Labute approximate surface area is 202 Å². The van der Waals surface area contributed by atoms with E-state index >= 15 is 0 Å². The summed E-state index contributed by atoms with van der Waals surface area (Å²) < 4.78 is 5.00. The lowest BCUT2D eigenvalue weighted by Gasteiger charge is -2.61. The Morgan fingerprint density at radius 2 is 1.94 bits per heavy atom. The first kappa shape index (κ1) is 25.0. The van der Waals surface area contributed by atoms with Gasteiger partial charge in [0.2, 0.25) is 0 Å². The normalized spacial score (nSPS) is 46.4. The van der Waals surface area contributed by atoms with Gasteiger partial charge in [-0.25, -0.2) is 0 Å². The molecule has 9 atom stereocenters. The number of carbonyl (C=O) groups is 1. The Hall–Kier alpha value is -1.09. The standard InChI is InChI=1S/C30H48O3/c1-8-22-24(31)18-25-28(6)14-12-23(21(4)11-9-10-20(2)3)27(28,5)16-17-30(25)19-29(22,30)15-13-26(32)33-7/h8,10,21-25,31H,1,9,11-19H2,2-7H3. The summed E-state index contributed by atoms with van der Waals surface area (Å²) in [6.07, 6.45) is 15.0. The monoisotopic (exact) mass is 456 g/mol. The van der Waals surface area contributed by atoms with E-state index in [0.717, 1.165) is 31.1 Å². The van der Waals surface area contributed by atoms with Crippen molar-refractivity contribution < 1.29 is 14.6 Å². The van der Waals surface area contributed by atoms with E-state index in [-0.39, 0.29) is 34.2 Å². The van der Waals surface area contributed by atoms with Gasteiger partial charge in [0.1, 0.15) is 0 Å². The van der Waals surface area contributed by atoms with Crippen LogP contribution in [-0.2, 0) is 9.53 Å².